The number of rotatable bonds is 18. The van der Waals surface area contributed by atoms with E-state index in [2.05, 4.69) is 23.6 Å². The van der Waals surface area contributed by atoms with Crippen LogP contribution < -0.4 is 0 Å². The molecule has 2 N–H and O–H groups in total. The predicted molar refractivity (Wildman–Crippen MR) is 122 cm³/mol. The first-order valence-electron chi connectivity index (χ1n) is 12.1. The third-order valence-corrected chi connectivity index (χ3v) is 5.99. The summed E-state index contributed by atoms with van der Waals surface area (Å²) in [5.41, 5.74) is 0. The Bertz CT molecular complexity index is 532. The Morgan fingerprint density at radius 3 is 2.13 bits per heavy atom. The highest BCUT2D eigenvalue weighted by molar-refractivity contribution is 7.46. The molecule has 7 nitrogen and oxygen atoms in total. The van der Waals surface area contributed by atoms with E-state index >= 15 is 0 Å². The minimum absolute atomic E-state index is 0.0104. The van der Waals surface area contributed by atoms with Crippen molar-refractivity contribution in [3.8, 4) is 0 Å². The Labute approximate surface area is 188 Å². The van der Waals surface area contributed by atoms with Crippen molar-refractivity contribution in [3.05, 3.63) is 12.2 Å². The molecule has 182 valence electrons. The molecule has 1 rings (SSSR count). The summed E-state index contributed by atoms with van der Waals surface area (Å²) in [6.07, 6.45) is 19.3. The Balaban J connectivity index is 1.98. The summed E-state index contributed by atoms with van der Waals surface area (Å²) in [7, 11) is -4.64. The van der Waals surface area contributed by atoms with Gasteiger partial charge in [-0.2, -0.15) is 0 Å². The molecule has 0 aliphatic carbocycles. The van der Waals surface area contributed by atoms with Crippen LogP contribution >= 0.6 is 7.82 Å². The van der Waals surface area contributed by atoms with Crippen molar-refractivity contribution in [1.82, 2.24) is 0 Å². The summed E-state index contributed by atoms with van der Waals surface area (Å²) in [6.45, 7) is 2.64. The van der Waals surface area contributed by atoms with E-state index in [1.807, 2.05) is 0 Å². The molecule has 1 aliphatic heterocycles. The molecule has 2 atom stereocenters. The molecule has 0 aromatic heterocycles. The van der Waals surface area contributed by atoms with Gasteiger partial charge in [-0.3, -0.25) is 9.32 Å². The van der Waals surface area contributed by atoms with Gasteiger partial charge in [0.1, 0.15) is 12.2 Å². The van der Waals surface area contributed by atoms with E-state index in [9.17, 15) is 9.36 Å². The molecule has 0 amide bonds. The third kappa shape index (κ3) is 16.6. The molecule has 0 radical (unpaired) electrons. The molecular weight excluding hydrogens is 419 g/mol. The monoisotopic (exact) mass is 462 g/mol. The number of carbonyl (C=O) groups excluding carboxylic acids is 1. The summed E-state index contributed by atoms with van der Waals surface area (Å²) in [5, 5.41) is 0. The van der Waals surface area contributed by atoms with Gasteiger partial charge in [0.15, 0.2) is 0 Å². The molecule has 0 unspecified atom stereocenters. The number of ether oxygens (including phenoxy) is 2. The van der Waals surface area contributed by atoms with E-state index in [0.29, 0.717) is 19.4 Å². The van der Waals surface area contributed by atoms with Gasteiger partial charge in [-0.15, -0.1) is 0 Å². The van der Waals surface area contributed by atoms with Crippen LogP contribution in [0, 0.1) is 0 Å². The van der Waals surface area contributed by atoms with Gasteiger partial charge in [-0.1, -0.05) is 70.4 Å². The summed E-state index contributed by atoms with van der Waals surface area (Å²) in [6, 6.07) is 0. The van der Waals surface area contributed by atoms with Crippen molar-refractivity contribution in [3.63, 3.8) is 0 Å². The summed E-state index contributed by atoms with van der Waals surface area (Å²) in [4.78, 5) is 30.0. The van der Waals surface area contributed by atoms with Gasteiger partial charge < -0.3 is 19.3 Å². The van der Waals surface area contributed by atoms with Gasteiger partial charge in [0.2, 0.25) is 0 Å². The van der Waals surface area contributed by atoms with Crippen LogP contribution in [-0.4, -0.2) is 41.2 Å². The Kier molecular flexibility index (Phi) is 16.2. The molecule has 0 spiro atoms. The third-order valence-electron chi connectivity index (χ3n) is 5.44. The van der Waals surface area contributed by atoms with E-state index in [1.165, 1.54) is 51.4 Å². The lowest BCUT2D eigenvalue weighted by Crippen LogP contribution is -2.41. The number of carbonyl (C=O) groups is 1. The number of esters is 1. The van der Waals surface area contributed by atoms with E-state index < -0.39 is 20.0 Å². The van der Waals surface area contributed by atoms with Crippen LogP contribution in [0.25, 0.3) is 0 Å². The lowest BCUT2D eigenvalue weighted by molar-refractivity contribution is -0.164. The standard InChI is InChI=1S/C23H43O7P/c1-2-3-4-5-6-7-8-9-10-11-12-13-14-15-16-17-23(24)29-21-18-19-28-20-22(21)30-31(25,26)27/h9-10,21-22H,2-8,11-20H2,1H3,(H2,25,26,27)/b10-9+/t21-,22+/m1/s1. The molecule has 1 heterocycles. The molecule has 0 aromatic rings. The highest BCUT2D eigenvalue weighted by Crippen LogP contribution is 2.39. The topological polar surface area (TPSA) is 102 Å². The fourth-order valence-electron chi connectivity index (χ4n) is 3.67. The maximum absolute atomic E-state index is 12.0. The predicted octanol–water partition coefficient (Wildman–Crippen LogP) is 5.83. The van der Waals surface area contributed by atoms with Crippen molar-refractivity contribution in [2.45, 2.75) is 115 Å². The summed E-state index contributed by atoms with van der Waals surface area (Å²) in [5.74, 6) is -0.344. The largest absolute Gasteiger partial charge is 0.470 e. The average molecular weight is 463 g/mol. The lowest BCUT2D eigenvalue weighted by atomic mass is 10.1. The molecule has 1 saturated heterocycles. The minimum atomic E-state index is -4.64. The quantitative estimate of drug-likeness (QED) is 0.114. The average Bonchev–Trinajstić information content (AvgIpc) is 2.71. The number of hydrogen-bond donors (Lipinski definition) is 2. The smallest absolute Gasteiger partial charge is 0.459 e. The molecule has 0 aromatic carbocycles. The highest BCUT2D eigenvalue weighted by Gasteiger charge is 2.34. The van der Waals surface area contributed by atoms with Gasteiger partial charge in [0, 0.05) is 12.8 Å². The molecule has 0 bridgehead atoms. The van der Waals surface area contributed by atoms with E-state index in [1.54, 1.807) is 0 Å². The van der Waals surface area contributed by atoms with Gasteiger partial charge in [0.25, 0.3) is 0 Å². The van der Waals surface area contributed by atoms with Crippen LogP contribution in [0.15, 0.2) is 12.2 Å². The zero-order chi connectivity index (χ0) is 22.8. The minimum Gasteiger partial charge on any atom is -0.459 e. The number of phosphoric acid groups is 1. The molecule has 8 heteroatoms. The first-order valence-corrected chi connectivity index (χ1v) is 13.6. The maximum atomic E-state index is 12.0. The van der Waals surface area contributed by atoms with Gasteiger partial charge >= 0.3 is 13.8 Å². The first kappa shape index (κ1) is 28.3. The van der Waals surface area contributed by atoms with E-state index in [4.69, 9.17) is 19.3 Å². The van der Waals surface area contributed by atoms with Crippen molar-refractivity contribution in [2.24, 2.45) is 0 Å². The fourth-order valence-corrected chi connectivity index (χ4v) is 4.22. The maximum Gasteiger partial charge on any atom is 0.470 e. The van der Waals surface area contributed by atoms with Gasteiger partial charge in [-0.05, 0) is 32.1 Å². The zero-order valence-electron chi connectivity index (χ0n) is 19.2. The second-order valence-corrected chi connectivity index (χ2v) is 9.55. The van der Waals surface area contributed by atoms with Crippen LogP contribution in [0.5, 0.6) is 0 Å². The van der Waals surface area contributed by atoms with Crippen LogP contribution in [0.3, 0.4) is 0 Å². The highest BCUT2D eigenvalue weighted by atomic mass is 31.2. The number of hydrogen-bond acceptors (Lipinski definition) is 5. The SMILES string of the molecule is CCCCCCCC/C=C/CCCCCCCC(=O)O[C@@H]1CCOC[C@@H]1OP(=O)(O)O. The van der Waals surface area contributed by atoms with Crippen LogP contribution in [-0.2, 0) is 23.4 Å². The lowest BCUT2D eigenvalue weighted by Gasteiger charge is -2.30. The fraction of sp³-hybridized carbons (Fsp3) is 0.870. The Morgan fingerprint density at radius 2 is 1.52 bits per heavy atom. The second-order valence-electron chi connectivity index (χ2n) is 8.36. The van der Waals surface area contributed by atoms with Crippen LogP contribution in [0.4, 0.5) is 0 Å². The van der Waals surface area contributed by atoms with Crippen molar-refractivity contribution in [1.29, 1.82) is 0 Å². The molecule has 1 fully saturated rings. The molecular formula is C23H43O7P. The van der Waals surface area contributed by atoms with E-state index in [0.717, 1.165) is 32.1 Å². The normalized spacial score (nSPS) is 19.7. The number of allylic oxidation sites excluding steroid dienone is 2. The zero-order valence-corrected chi connectivity index (χ0v) is 20.1. The van der Waals surface area contributed by atoms with Crippen LogP contribution in [0.2, 0.25) is 0 Å². The molecule has 0 saturated carbocycles. The summed E-state index contributed by atoms with van der Waals surface area (Å²) < 4.78 is 26.3. The second kappa shape index (κ2) is 17.8. The molecule has 1 aliphatic rings. The van der Waals surface area contributed by atoms with E-state index in [-0.39, 0.29) is 12.6 Å². The van der Waals surface area contributed by atoms with Crippen molar-refractivity contribution >= 4 is 13.8 Å². The van der Waals surface area contributed by atoms with Crippen LogP contribution in [0.1, 0.15) is 103 Å². The first-order chi connectivity index (χ1) is 14.9. The Morgan fingerprint density at radius 1 is 0.935 bits per heavy atom. The molecule has 31 heavy (non-hydrogen) atoms. The van der Waals surface area contributed by atoms with Crippen molar-refractivity contribution in [2.75, 3.05) is 13.2 Å². The Hall–Kier alpha value is -0.720. The van der Waals surface area contributed by atoms with Gasteiger partial charge in [0.05, 0.1) is 13.2 Å². The van der Waals surface area contributed by atoms with Gasteiger partial charge in [-0.25, -0.2) is 4.57 Å². The van der Waals surface area contributed by atoms with Crippen molar-refractivity contribution < 1.29 is 33.1 Å². The number of phosphoric ester groups is 1. The number of unbranched alkanes of at least 4 members (excludes halogenated alkanes) is 11. The summed E-state index contributed by atoms with van der Waals surface area (Å²) >= 11 is 0.